The molecular formula is C61H118O5. The van der Waals surface area contributed by atoms with Gasteiger partial charge >= 0.3 is 11.9 Å². The third-order valence-corrected chi connectivity index (χ3v) is 13.8. The molecule has 0 N–H and O–H groups in total. The molecule has 0 aliphatic heterocycles. The third-order valence-electron chi connectivity index (χ3n) is 13.8. The number of ether oxygens (including phenoxy) is 3. The van der Waals surface area contributed by atoms with Crippen molar-refractivity contribution in [1.29, 1.82) is 0 Å². The minimum atomic E-state index is -0.527. The summed E-state index contributed by atoms with van der Waals surface area (Å²) in [6.07, 6.45) is 68.1. The van der Waals surface area contributed by atoms with Crippen LogP contribution in [0.1, 0.15) is 342 Å². The molecule has 0 amide bonds. The smallest absolute Gasteiger partial charge is 0.306 e. The largest absolute Gasteiger partial charge is 0.462 e. The van der Waals surface area contributed by atoms with Gasteiger partial charge in [-0.15, -0.1) is 0 Å². The van der Waals surface area contributed by atoms with Crippen LogP contribution in [0.15, 0.2) is 12.2 Å². The zero-order valence-corrected chi connectivity index (χ0v) is 45.2. The number of esters is 2. The Hall–Kier alpha value is -1.36. The van der Waals surface area contributed by atoms with Crippen molar-refractivity contribution in [1.82, 2.24) is 0 Å². The Morgan fingerprint density at radius 1 is 0.318 bits per heavy atom. The number of carbonyl (C=O) groups is 2. The fourth-order valence-corrected chi connectivity index (χ4v) is 9.27. The Morgan fingerprint density at radius 3 is 0.924 bits per heavy atom. The molecule has 0 saturated heterocycles. The van der Waals surface area contributed by atoms with E-state index in [1.807, 2.05) is 0 Å². The van der Waals surface area contributed by atoms with Crippen molar-refractivity contribution in [3.63, 3.8) is 0 Å². The van der Waals surface area contributed by atoms with Crippen molar-refractivity contribution < 1.29 is 23.8 Å². The summed E-state index contributed by atoms with van der Waals surface area (Å²) in [4.78, 5) is 25.5. The lowest BCUT2D eigenvalue weighted by Crippen LogP contribution is -2.30. The molecule has 5 heteroatoms. The van der Waals surface area contributed by atoms with Gasteiger partial charge in [0.1, 0.15) is 6.61 Å². The molecule has 0 radical (unpaired) electrons. The second kappa shape index (κ2) is 58.0. The van der Waals surface area contributed by atoms with Crippen molar-refractivity contribution >= 4 is 11.9 Å². The molecule has 5 nitrogen and oxygen atoms in total. The molecule has 0 bridgehead atoms. The number of carbonyl (C=O) groups excluding carboxylic acids is 2. The second-order valence-electron chi connectivity index (χ2n) is 20.6. The fraction of sp³-hybridized carbons (Fsp3) is 0.934. The normalized spacial score (nSPS) is 12.1. The predicted octanol–water partition coefficient (Wildman–Crippen LogP) is 20.6. The van der Waals surface area contributed by atoms with Crippen LogP contribution in [0, 0.1) is 0 Å². The van der Waals surface area contributed by atoms with Crippen LogP contribution in [0.25, 0.3) is 0 Å². The summed E-state index contributed by atoms with van der Waals surface area (Å²) in [6, 6.07) is 0. The molecule has 1 atom stereocenters. The molecule has 0 fully saturated rings. The van der Waals surface area contributed by atoms with Gasteiger partial charge in [0.25, 0.3) is 0 Å². The zero-order valence-electron chi connectivity index (χ0n) is 45.2. The summed E-state index contributed by atoms with van der Waals surface area (Å²) in [5.74, 6) is -0.370. The maximum atomic E-state index is 12.8. The van der Waals surface area contributed by atoms with E-state index in [-0.39, 0.29) is 18.5 Å². The predicted molar refractivity (Wildman–Crippen MR) is 289 cm³/mol. The van der Waals surface area contributed by atoms with Gasteiger partial charge in [-0.3, -0.25) is 9.59 Å². The number of allylic oxidation sites excluding steroid dienone is 2. The molecule has 392 valence electrons. The Bertz CT molecular complexity index is 963. The summed E-state index contributed by atoms with van der Waals surface area (Å²) in [5.41, 5.74) is 0. The molecule has 0 aliphatic rings. The van der Waals surface area contributed by atoms with Gasteiger partial charge < -0.3 is 14.2 Å². The van der Waals surface area contributed by atoms with E-state index in [2.05, 4.69) is 32.9 Å². The van der Waals surface area contributed by atoms with Crippen LogP contribution in [0.4, 0.5) is 0 Å². The van der Waals surface area contributed by atoms with E-state index in [4.69, 9.17) is 14.2 Å². The van der Waals surface area contributed by atoms with Gasteiger partial charge in [-0.2, -0.15) is 0 Å². The maximum Gasteiger partial charge on any atom is 0.306 e. The van der Waals surface area contributed by atoms with Gasteiger partial charge in [0.15, 0.2) is 6.10 Å². The van der Waals surface area contributed by atoms with Crippen molar-refractivity contribution in [2.75, 3.05) is 19.8 Å². The van der Waals surface area contributed by atoms with Crippen LogP contribution < -0.4 is 0 Å². The first-order chi connectivity index (χ1) is 32.6. The number of rotatable bonds is 57. The van der Waals surface area contributed by atoms with Crippen LogP contribution in [-0.2, 0) is 23.8 Å². The van der Waals surface area contributed by atoms with Crippen molar-refractivity contribution in [3.8, 4) is 0 Å². The zero-order chi connectivity index (χ0) is 47.7. The van der Waals surface area contributed by atoms with Crippen LogP contribution in [-0.4, -0.2) is 37.9 Å². The molecule has 0 rings (SSSR count). The first kappa shape index (κ1) is 64.6. The first-order valence-electron chi connectivity index (χ1n) is 30.2. The SMILES string of the molecule is CCCCCCCC/C=C\CCCCCCCCCCCCCC(=O)OC[C@@H](COCCCCCCCCCCCCCCCCCC)OC(=O)CCCCCCCCCCCCCCC. The molecule has 0 aromatic rings. The van der Waals surface area contributed by atoms with Crippen LogP contribution in [0.3, 0.4) is 0 Å². The Morgan fingerprint density at radius 2 is 0.591 bits per heavy atom. The summed E-state index contributed by atoms with van der Waals surface area (Å²) in [6.45, 7) is 7.91. The lowest BCUT2D eigenvalue weighted by molar-refractivity contribution is -0.163. The Labute approximate surface area is 414 Å². The topological polar surface area (TPSA) is 61.8 Å². The van der Waals surface area contributed by atoms with E-state index in [1.165, 1.54) is 276 Å². The van der Waals surface area contributed by atoms with Gasteiger partial charge in [0.05, 0.1) is 6.61 Å². The molecule has 66 heavy (non-hydrogen) atoms. The molecule has 0 aliphatic carbocycles. The minimum absolute atomic E-state index is 0.0953. The standard InChI is InChI=1S/C61H118O5/c1-4-7-10-13-16-19-22-25-27-29-30-31-32-33-34-37-39-42-45-48-51-54-60(62)65-58-59(66-61(63)55-52-49-46-43-40-36-24-21-18-15-12-9-6-3)57-64-56-53-50-47-44-41-38-35-28-26-23-20-17-14-11-8-5-2/h25,27,59H,4-24,26,28-58H2,1-3H3/b27-25-/t59-/m1/s1. The molecule has 0 heterocycles. The van der Waals surface area contributed by atoms with E-state index in [1.54, 1.807) is 0 Å². The van der Waals surface area contributed by atoms with Gasteiger partial charge in [-0.05, 0) is 44.9 Å². The average Bonchev–Trinajstić information content (AvgIpc) is 3.32. The average molecular weight is 932 g/mol. The monoisotopic (exact) mass is 931 g/mol. The van der Waals surface area contributed by atoms with Crippen LogP contribution in [0.2, 0.25) is 0 Å². The second-order valence-corrected chi connectivity index (χ2v) is 20.6. The van der Waals surface area contributed by atoms with E-state index >= 15 is 0 Å². The van der Waals surface area contributed by atoms with Gasteiger partial charge in [-0.1, -0.05) is 296 Å². The van der Waals surface area contributed by atoms with Crippen molar-refractivity contribution in [3.05, 3.63) is 12.2 Å². The van der Waals surface area contributed by atoms with E-state index < -0.39 is 6.10 Å². The van der Waals surface area contributed by atoms with E-state index in [9.17, 15) is 9.59 Å². The highest BCUT2D eigenvalue weighted by molar-refractivity contribution is 5.70. The van der Waals surface area contributed by atoms with Gasteiger partial charge in [0, 0.05) is 19.4 Å². The van der Waals surface area contributed by atoms with Gasteiger partial charge in [-0.25, -0.2) is 0 Å². The lowest BCUT2D eigenvalue weighted by atomic mass is 10.0. The Kier molecular flexibility index (Phi) is 56.8. The number of hydrogen-bond donors (Lipinski definition) is 0. The number of unbranched alkanes of at least 4 members (excludes halogenated alkanes) is 44. The first-order valence-corrected chi connectivity index (χ1v) is 30.2. The summed E-state index contributed by atoms with van der Waals surface area (Å²) in [7, 11) is 0. The van der Waals surface area contributed by atoms with E-state index in [0.29, 0.717) is 26.1 Å². The minimum Gasteiger partial charge on any atom is -0.462 e. The molecular weight excluding hydrogens is 813 g/mol. The highest BCUT2D eigenvalue weighted by Gasteiger charge is 2.18. The molecule has 0 aromatic heterocycles. The fourth-order valence-electron chi connectivity index (χ4n) is 9.27. The quantitative estimate of drug-likeness (QED) is 0.0345. The van der Waals surface area contributed by atoms with Crippen LogP contribution >= 0.6 is 0 Å². The van der Waals surface area contributed by atoms with Gasteiger partial charge in [0.2, 0.25) is 0 Å². The Balaban J connectivity index is 4.15. The summed E-state index contributed by atoms with van der Waals surface area (Å²) in [5, 5.41) is 0. The molecule has 0 aromatic carbocycles. The molecule has 0 saturated carbocycles. The molecule has 0 spiro atoms. The number of hydrogen-bond acceptors (Lipinski definition) is 5. The maximum absolute atomic E-state index is 12.8. The van der Waals surface area contributed by atoms with Crippen LogP contribution in [0.5, 0.6) is 0 Å². The van der Waals surface area contributed by atoms with E-state index in [0.717, 1.165) is 32.1 Å². The van der Waals surface area contributed by atoms with Crippen molar-refractivity contribution in [2.24, 2.45) is 0 Å². The summed E-state index contributed by atoms with van der Waals surface area (Å²) < 4.78 is 17.5. The van der Waals surface area contributed by atoms with Crippen molar-refractivity contribution in [2.45, 2.75) is 348 Å². The highest BCUT2D eigenvalue weighted by atomic mass is 16.6. The summed E-state index contributed by atoms with van der Waals surface area (Å²) >= 11 is 0. The lowest BCUT2D eigenvalue weighted by Gasteiger charge is -2.18. The third kappa shape index (κ3) is 55.2. The highest BCUT2D eigenvalue weighted by Crippen LogP contribution is 2.17. The molecule has 0 unspecified atom stereocenters.